The van der Waals surface area contributed by atoms with Crippen LogP contribution in [0.4, 0.5) is 5.82 Å². The highest BCUT2D eigenvalue weighted by Gasteiger charge is 2.08. The van der Waals surface area contributed by atoms with Gasteiger partial charge in [-0.05, 0) is 13.3 Å². The first-order valence-electron chi connectivity index (χ1n) is 5.15. The molecule has 0 spiro atoms. The highest BCUT2D eigenvalue weighted by atomic mass is 35.5. The number of nitrogens with zero attached hydrogens (tertiary/aromatic N) is 2. The van der Waals surface area contributed by atoms with Gasteiger partial charge in [-0.25, -0.2) is 9.97 Å². The Balaban J connectivity index is 2.44. The lowest BCUT2D eigenvalue weighted by atomic mass is 10.4. The fourth-order valence-electron chi connectivity index (χ4n) is 1.18. The molecule has 5 nitrogen and oxygen atoms in total. The van der Waals surface area contributed by atoms with E-state index in [1.807, 2.05) is 6.92 Å². The number of hydrogen-bond acceptors (Lipinski definition) is 5. The summed E-state index contributed by atoms with van der Waals surface area (Å²) in [6, 6.07) is 0. The van der Waals surface area contributed by atoms with Crippen molar-refractivity contribution in [3.8, 4) is 5.75 Å². The first-order chi connectivity index (χ1) is 7.79. The van der Waals surface area contributed by atoms with Gasteiger partial charge in [-0.1, -0.05) is 11.6 Å². The van der Waals surface area contributed by atoms with Crippen LogP contribution in [-0.2, 0) is 4.74 Å². The zero-order valence-corrected chi connectivity index (χ0v) is 10.3. The molecule has 0 aliphatic carbocycles. The van der Waals surface area contributed by atoms with Crippen LogP contribution in [-0.4, -0.2) is 36.8 Å². The van der Waals surface area contributed by atoms with Crippen LogP contribution < -0.4 is 10.1 Å². The highest BCUT2D eigenvalue weighted by Crippen LogP contribution is 2.27. The summed E-state index contributed by atoms with van der Waals surface area (Å²) >= 11 is 5.85. The number of halogens is 1. The molecular formula is C10H16ClN3O2. The molecule has 0 saturated heterocycles. The molecule has 1 aromatic heterocycles. The zero-order chi connectivity index (χ0) is 11.8. The Hall–Kier alpha value is -1.07. The van der Waals surface area contributed by atoms with Gasteiger partial charge in [-0.2, -0.15) is 0 Å². The number of hydrogen-bond donors (Lipinski definition) is 1. The Morgan fingerprint density at radius 1 is 1.44 bits per heavy atom. The molecule has 0 atom stereocenters. The average Bonchev–Trinajstić information content (AvgIpc) is 2.29. The molecule has 1 rings (SSSR count). The van der Waals surface area contributed by atoms with Crippen molar-refractivity contribution in [1.29, 1.82) is 0 Å². The second-order valence-electron chi connectivity index (χ2n) is 3.02. The van der Waals surface area contributed by atoms with Crippen molar-refractivity contribution in [3.05, 3.63) is 11.5 Å². The molecule has 0 saturated carbocycles. The normalized spacial score (nSPS) is 10.2. The Morgan fingerprint density at radius 3 is 2.94 bits per heavy atom. The maximum atomic E-state index is 5.85. The van der Waals surface area contributed by atoms with Gasteiger partial charge in [-0.15, -0.1) is 0 Å². The molecular weight excluding hydrogens is 230 g/mol. The van der Waals surface area contributed by atoms with Gasteiger partial charge in [0, 0.05) is 19.8 Å². The van der Waals surface area contributed by atoms with Gasteiger partial charge < -0.3 is 14.8 Å². The van der Waals surface area contributed by atoms with Crippen LogP contribution in [0.5, 0.6) is 5.75 Å². The first-order valence-corrected chi connectivity index (χ1v) is 5.53. The van der Waals surface area contributed by atoms with Gasteiger partial charge in [0.15, 0.2) is 16.7 Å². The lowest BCUT2D eigenvalue weighted by molar-refractivity contribution is 0.147. The van der Waals surface area contributed by atoms with Crippen molar-refractivity contribution < 1.29 is 9.47 Å². The molecule has 1 aromatic rings. The average molecular weight is 246 g/mol. The maximum absolute atomic E-state index is 5.85. The Labute approximate surface area is 100 Å². The Morgan fingerprint density at radius 2 is 2.25 bits per heavy atom. The van der Waals surface area contributed by atoms with Crippen molar-refractivity contribution in [1.82, 2.24) is 9.97 Å². The molecule has 90 valence electrons. The van der Waals surface area contributed by atoms with E-state index >= 15 is 0 Å². The smallest absolute Gasteiger partial charge is 0.198 e. The Kier molecular flexibility index (Phi) is 5.88. The first kappa shape index (κ1) is 13.0. The molecule has 0 unspecified atom stereocenters. The third kappa shape index (κ3) is 3.83. The van der Waals surface area contributed by atoms with Crippen LogP contribution in [0.3, 0.4) is 0 Å². The minimum Gasteiger partial charge on any atom is -0.490 e. The van der Waals surface area contributed by atoms with Gasteiger partial charge in [-0.3, -0.25) is 0 Å². The topological polar surface area (TPSA) is 56.3 Å². The maximum Gasteiger partial charge on any atom is 0.198 e. The Bertz CT molecular complexity index is 323. The van der Waals surface area contributed by atoms with Crippen LogP contribution >= 0.6 is 11.6 Å². The zero-order valence-electron chi connectivity index (χ0n) is 9.49. The van der Waals surface area contributed by atoms with Crippen molar-refractivity contribution in [3.63, 3.8) is 0 Å². The highest BCUT2D eigenvalue weighted by molar-refractivity contribution is 6.31. The number of ether oxygens (including phenoxy) is 2. The molecule has 1 heterocycles. The van der Waals surface area contributed by atoms with Crippen LogP contribution in [0, 0.1) is 0 Å². The van der Waals surface area contributed by atoms with Crippen molar-refractivity contribution >= 4 is 17.4 Å². The molecule has 0 aromatic carbocycles. The summed E-state index contributed by atoms with van der Waals surface area (Å²) < 4.78 is 10.3. The summed E-state index contributed by atoms with van der Waals surface area (Å²) in [4.78, 5) is 7.89. The molecule has 6 heteroatoms. The van der Waals surface area contributed by atoms with E-state index in [4.69, 9.17) is 21.1 Å². The molecule has 0 amide bonds. The number of nitrogens with one attached hydrogen (secondary N) is 1. The van der Waals surface area contributed by atoms with E-state index in [1.165, 1.54) is 13.4 Å². The van der Waals surface area contributed by atoms with Gasteiger partial charge in [0.2, 0.25) is 0 Å². The summed E-state index contributed by atoms with van der Waals surface area (Å²) in [6.45, 7) is 4.19. The monoisotopic (exact) mass is 245 g/mol. The fourth-order valence-corrected chi connectivity index (χ4v) is 1.39. The van der Waals surface area contributed by atoms with E-state index in [2.05, 4.69) is 15.3 Å². The molecule has 16 heavy (non-hydrogen) atoms. The van der Waals surface area contributed by atoms with Crippen molar-refractivity contribution in [2.75, 3.05) is 32.2 Å². The third-order valence-corrected chi connectivity index (χ3v) is 2.20. The van der Waals surface area contributed by atoms with E-state index in [-0.39, 0.29) is 0 Å². The summed E-state index contributed by atoms with van der Waals surface area (Å²) in [5.41, 5.74) is 0. The largest absolute Gasteiger partial charge is 0.490 e. The lowest BCUT2D eigenvalue weighted by Gasteiger charge is -2.10. The predicted octanol–water partition coefficient (Wildman–Crippen LogP) is 1.98. The fraction of sp³-hybridized carbons (Fsp3) is 0.600. The SMILES string of the molecule is CCOCCCNc1ncnc(Cl)c1OC. The summed E-state index contributed by atoms with van der Waals surface area (Å²) in [5.74, 6) is 1.08. The molecule has 0 aliphatic heterocycles. The number of anilines is 1. The third-order valence-electron chi connectivity index (χ3n) is 1.93. The van der Waals surface area contributed by atoms with E-state index in [0.29, 0.717) is 16.7 Å². The van der Waals surface area contributed by atoms with Crippen LogP contribution in [0.2, 0.25) is 5.15 Å². The van der Waals surface area contributed by atoms with Gasteiger partial charge in [0.25, 0.3) is 0 Å². The van der Waals surface area contributed by atoms with E-state index in [9.17, 15) is 0 Å². The standard InChI is InChI=1S/C10H16ClN3O2/c1-3-16-6-4-5-12-10-8(15-2)9(11)13-7-14-10/h7H,3-6H2,1-2H3,(H,12,13,14). The van der Waals surface area contributed by atoms with Gasteiger partial charge in [0.05, 0.1) is 7.11 Å². The van der Waals surface area contributed by atoms with Crippen molar-refractivity contribution in [2.45, 2.75) is 13.3 Å². The minimum atomic E-state index is 0.310. The summed E-state index contributed by atoms with van der Waals surface area (Å²) in [7, 11) is 1.54. The van der Waals surface area contributed by atoms with E-state index in [0.717, 1.165) is 26.2 Å². The lowest BCUT2D eigenvalue weighted by Crippen LogP contribution is -2.08. The second kappa shape index (κ2) is 7.24. The molecule has 0 fully saturated rings. The van der Waals surface area contributed by atoms with Gasteiger partial charge >= 0.3 is 0 Å². The molecule has 0 aliphatic rings. The summed E-state index contributed by atoms with van der Waals surface area (Å²) in [5, 5.41) is 3.43. The van der Waals surface area contributed by atoms with E-state index < -0.39 is 0 Å². The predicted molar refractivity (Wildman–Crippen MR) is 63.2 cm³/mol. The van der Waals surface area contributed by atoms with E-state index in [1.54, 1.807) is 0 Å². The minimum absolute atomic E-state index is 0.310. The molecule has 0 bridgehead atoms. The molecule has 1 N–H and O–H groups in total. The van der Waals surface area contributed by atoms with Gasteiger partial charge in [0.1, 0.15) is 6.33 Å². The van der Waals surface area contributed by atoms with Crippen LogP contribution in [0.25, 0.3) is 0 Å². The second-order valence-corrected chi connectivity index (χ2v) is 3.38. The van der Waals surface area contributed by atoms with Crippen LogP contribution in [0.15, 0.2) is 6.33 Å². The molecule has 0 radical (unpaired) electrons. The number of methoxy groups -OCH3 is 1. The number of rotatable bonds is 7. The van der Waals surface area contributed by atoms with Crippen molar-refractivity contribution in [2.24, 2.45) is 0 Å². The van der Waals surface area contributed by atoms with Crippen LogP contribution in [0.1, 0.15) is 13.3 Å². The summed E-state index contributed by atoms with van der Waals surface area (Å²) in [6.07, 6.45) is 2.30. The number of aromatic nitrogens is 2. The quantitative estimate of drug-likeness (QED) is 0.588.